The number of fused-ring (bicyclic) bond motifs is 1. The molecule has 4 rings (SSSR count). The minimum Gasteiger partial charge on any atom is -0.390 e. The van der Waals surface area contributed by atoms with Crippen molar-refractivity contribution in [2.45, 2.75) is 37.3 Å². The Balaban J connectivity index is 1.53. The molecule has 2 saturated heterocycles. The topological polar surface area (TPSA) is 103 Å². The zero-order chi connectivity index (χ0) is 18.3. The smallest absolute Gasteiger partial charge is 0.330 e. The summed E-state index contributed by atoms with van der Waals surface area (Å²) in [7, 11) is 0. The molecule has 5 atom stereocenters. The highest BCUT2D eigenvalue weighted by molar-refractivity contribution is 5.16. The van der Waals surface area contributed by atoms with E-state index in [0.717, 1.165) is 16.3 Å². The van der Waals surface area contributed by atoms with Gasteiger partial charge in [0.2, 0.25) is 5.82 Å². The summed E-state index contributed by atoms with van der Waals surface area (Å²) < 4.78 is 31.7. The molecule has 2 aliphatic heterocycles. The molecule has 9 heteroatoms. The van der Waals surface area contributed by atoms with Crippen molar-refractivity contribution < 1.29 is 23.7 Å². The molecule has 0 radical (unpaired) electrons. The van der Waals surface area contributed by atoms with Crippen LogP contribution in [0.25, 0.3) is 0 Å². The Morgan fingerprint density at radius 2 is 1.96 bits per heavy atom. The molecule has 1 aromatic carbocycles. The van der Waals surface area contributed by atoms with Crippen LogP contribution in [0.4, 0.5) is 4.39 Å². The molecule has 0 amide bonds. The van der Waals surface area contributed by atoms with Crippen molar-refractivity contribution in [3.8, 4) is 0 Å². The predicted octanol–water partition coefficient (Wildman–Crippen LogP) is 0.438. The second kappa shape index (κ2) is 6.76. The van der Waals surface area contributed by atoms with E-state index in [9.17, 15) is 19.1 Å². The monoisotopic (exact) mass is 364 g/mol. The first kappa shape index (κ1) is 17.1. The average molecular weight is 364 g/mol. The van der Waals surface area contributed by atoms with Crippen molar-refractivity contribution in [1.82, 2.24) is 9.55 Å². The van der Waals surface area contributed by atoms with Gasteiger partial charge in [-0.25, -0.2) is 4.79 Å². The molecule has 26 heavy (non-hydrogen) atoms. The van der Waals surface area contributed by atoms with Crippen LogP contribution < -0.4 is 11.2 Å². The minimum atomic E-state index is -1.11. The SMILES string of the molecule is O=c1[nH]c(=O)n([C@H]2C[C@@H](O)[C@@H]3OC(c4ccccc4)OC[C@H]3O2)cc1F. The standard InChI is InChI=1S/C17H17FN2O6/c18-10-7-20(17(23)19-15(10)22)13-6-11(21)14-12(25-13)8-24-16(26-14)9-4-2-1-3-5-9/h1-5,7,11-14,16,21H,6,8H2,(H,19,22,23)/t11-,12-,13-,14+,16?/m1/s1. The summed E-state index contributed by atoms with van der Waals surface area (Å²) in [5.41, 5.74) is -1.10. The number of aliphatic hydroxyl groups is 1. The van der Waals surface area contributed by atoms with E-state index < -0.39 is 47.9 Å². The quantitative estimate of drug-likeness (QED) is 0.802. The molecular weight excluding hydrogens is 347 g/mol. The zero-order valence-corrected chi connectivity index (χ0v) is 13.6. The summed E-state index contributed by atoms with van der Waals surface area (Å²) in [4.78, 5) is 24.9. The summed E-state index contributed by atoms with van der Waals surface area (Å²) >= 11 is 0. The fraction of sp³-hybridized carbons (Fsp3) is 0.412. The number of rotatable bonds is 2. The maximum atomic E-state index is 13.5. The van der Waals surface area contributed by atoms with E-state index in [0.29, 0.717) is 0 Å². The number of hydrogen-bond acceptors (Lipinski definition) is 6. The van der Waals surface area contributed by atoms with E-state index in [-0.39, 0.29) is 13.0 Å². The van der Waals surface area contributed by atoms with E-state index in [4.69, 9.17) is 14.2 Å². The Hall–Kier alpha value is -2.33. The van der Waals surface area contributed by atoms with Crippen LogP contribution >= 0.6 is 0 Å². The molecule has 2 aliphatic rings. The molecule has 0 aliphatic carbocycles. The number of H-pyrrole nitrogens is 1. The van der Waals surface area contributed by atoms with Crippen molar-refractivity contribution in [2.75, 3.05) is 6.61 Å². The molecule has 3 heterocycles. The van der Waals surface area contributed by atoms with Crippen LogP contribution in [-0.2, 0) is 14.2 Å². The van der Waals surface area contributed by atoms with Gasteiger partial charge in [0.25, 0.3) is 5.56 Å². The maximum absolute atomic E-state index is 13.5. The van der Waals surface area contributed by atoms with Crippen molar-refractivity contribution in [1.29, 1.82) is 0 Å². The number of nitrogens with zero attached hydrogens (tertiary/aromatic N) is 1. The van der Waals surface area contributed by atoms with Crippen molar-refractivity contribution >= 4 is 0 Å². The van der Waals surface area contributed by atoms with Crippen LogP contribution in [0.1, 0.15) is 24.5 Å². The third-order valence-corrected chi connectivity index (χ3v) is 4.52. The van der Waals surface area contributed by atoms with Gasteiger partial charge in [-0.3, -0.25) is 14.3 Å². The summed E-state index contributed by atoms with van der Waals surface area (Å²) in [6.45, 7) is 0.137. The maximum Gasteiger partial charge on any atom is 0.330 e. The molecule has 0 saturated carbocycles. The first-order valence-corrected chi connectivity index (χ1v) is 8.19. The lowest BCUT2D eigenvalue weighted by Crippen LogP contribution is -2.54. The largest absolute Gasteiger partial charge is 0.390 e. The second-order valence-electron chi connectivity index (χ2n) is 6.25. The highest BCUT2D eigenvalue weighted by Gasteiger charge is 2.44. The van der Waals surface area contributed by atoms with E-state index in [1.807, 2.05) is 35.3 Å². The molecule has 0 spiro atoms. The highest BCUT2D eigenvalue weighted by Crippen LogP contribution is 2.36. The Morgan fingerprint density at radius 3 is 2.73 bits per heavy atom. The van der Waals surface area contributed by atoms with E-state index in [2.05, 4.69) is 0 Å². The fourth-order valence-electron chi connectivity index (χ4n) is 3.24. The third-order valence-electron chi connectivity index (χ3n) is 4.52. The van der Waals surface area contributed by atoms with E-state index in [1.165, 1.54) is 0 Å². The van der Waals surface area contributed by atoms with Crippen molar-refractivity contribution in [3.05, 3.63) is 68.7 Å². The number of aliphatic hydroxyl groups excluding tert-OH is 1. The predicted molar refractivity (Wildman–Crippen MR) is 85.8 cm³/mol. The lowest BCUT2D eigenvalue weighted by atomic mass is 9.99. The molecule has 2 N–H and O–H groups in total. The average Bonchev–Trinajstić information content (AvgIpc) is 2.65. The van der Waals surface area contributed by atoms with E-state index in [1.54, 1.807) is 0 Å². The van der Waals surface area contributed by atoms with Crippen LogP contribution in [0.15, 0.2) is 46.1 Å². The zero-order valence-electron chi connectivity index (χ0n) is 13.6. The molecule has 138 valence electrons. The number of nitrogens with one attached hydrogen (secondary N) is 1. The molecule has 0 bridgehead atoms. The van der Waals surface area contributed by atoms with Gasteiger partial charge >= 0.3 is 5.69 Å². The van der Waals surface area contributed by atoms with Gasteiger partial charge in [0, 0.05) is 12.0 Å². The van der Waals surface area contributed by atoms with Gasteiger partial charge in [-0.1, -0.05) is 30.3 Å². The Morgan fingerprint density at radius 1 is 1.19 bits per heavy atom. The van der Waals surface area contributed by atoms with Crippen LogP contribution in [0, 0.1) is 5.82 Å². The minimum absolute atomic E-state index is 0.00800. The summed E-state index contributed by atoms with van der Waals surface area (Å²) in [5.74, 6) is -1.11. The lowest BCUT2D eigenvalue weighted by Gasteiger charge is -2.44. The van der Waals surface area contributed by atoms with Crippen molar-refractivity contribution in [2.24, 2.45) is 0 Å². The van der Waals surface area contributed by atoms with Gasteiger partial charge in [0.1, 0.15) is 18.4 Å². The summed E-state index contributed by atoms with van der Waals surface area (Å²) in [5, 5.41) is 10.5. The van der Waals surface area contributed by atoms with E-state index >= 15 is 0 Å². The number of halogens is 1. The molecule has 2 fully saturated rings. The van der Waals surface area contributed by atoms with Gasteiger partial charge in [-0.05, 0) is 0 Å². The molecule has 8 nitrogen and oxygen atoms in total. The first-order chi connectivity index (χ1) is 12.5. The first-order valence-electron chi connectivity index (χ1n) is 8.19. The number of benzene rings is 1. The van der Waals surface area contributed by atoms with Gasteiger partial charge in [-0.15, -0.1) is 0 Å². The van der Waals surface area contributed by atoms with Crippen LogP contribution in [0.5, 0.6) is 0 Å². The second-order valence-corrected chi connectivity index (χ2v) is 6.25. The van der Waals surface area contributed by atoms with Gasteiger partial charge in [-0.2, -0.15) is 4.39 Å². The van der Waals surface area contributed by atoms with Crippen LogP contribution in [0.3, 0.4) is 0 Å². The van der Waals surface area contributed by atoms with Crippen LogP contribution in [0.2, 0.25) is 0 Å². The number of aromatic nitrogens is 2. The van der Waals surface area contributed by atoms with Gasteiger partial charge in [0.05, 0.1) is 18.9 Å². The molecule has 1 aromatic heterocycles. The fourth-order valence-corrected chi connectivity index (χ4v) is 3.24. The van der Waals surface area contributed by atoms with Crippen LogP contribution in [-0.4, -0.2) is 39.6 Å². The Bertz CT molecular complexity index is 898. The summed E-state index contributed by atoms with van der Waals surface area (Å²) in [6, 6.07) is 9.29. The number of aromatic amines is 1. The summed E-state index contributed by atoms with van der Waals surface area (Å²) in [6.07, 6.45) is -3.01. The molecular formula is C17H17FN2O6. The lowest BCUT2D eigenvalue weighted by molar-refractivity contribution is -0.318. The Labute approximate surface area is 146 Å². The molecule has 2 aromatic rings. The number of ether oxygens (including phenoxy) is 3. The highest BCUT2D eigenvalue weighted by atomic mass is 19.1. The number of hydrogen-bond donors (Lipinski definition) is 2. The van der Waals surface area contributed by atoms with Gasteiger partial charge in [0.15, 0.2) is 6.29 Å². The Kier molecular flexibility index (Phi) is 4.45. The normalized spacial score (nSPS) is 31.4. The third kappa shape index (κ3) is 3.10. The van der Waals surface area contributed by atoms with Gasteiger partial charge < -0.3 is 19.3 Å². The molecule has 1 unspecified atom stereocenters. The van der Waals surface area contributed by atoms with Crippen molar-refractivity contribution in [3.63, 3.8) is 0 Å².